The molecule has 2 aromatic heterocycles. The Hall–Kier alpha value is -2.26. The van der Waals surface area contributed by atoms with Crippen LogP contribution in [0.15, 0.2) is 22.9 Å². The molecule has 0 radical (unpaired) electrons. The maximum absolute atomic E-state index is 8.67. The summed E-state index contributed by atoms with van der Waals surface area (Å²) in [6, 6.07) is 5.34. The van der Waals surface area contributed by atoms with Crippen LogP contribution in [0.25, 0.3) is 11.6 Å². The standard InChI is InChI=1S/C12H12N4O2/c1-2-17-6-5-11-15-12(18-16-11)10-4-3-9(7-13)8-14-10/h3-4,8H,2,5-6H2,1H3. The van der Waals surface area contributed by atoms with Crippen LogP contribution in [0, 0.1) is 11.3 Å². The maximum atomic E-state index is 8.67. The minimum Gasteiger partial charge on any atom is -0.381 e. The van der Waals surface area contributed by atoms with Gasteiger partial charge in [-0.25, -0.2) is 4.98 Å². The largest absolute Gasteiger partial charge is 0.381 e. The fourth-order valence-corrected chi connectivity index (χ4v) is 1.35. The first kappa shape index (κ1) is 12.2. The first-order chi connectivity index (χ1) is 8.83. The second kappa shape index (κ2) is 5.89. The first-order valence-corrected chi connectivity index (χ1v) is 5.60. The summed E-state index contributed by atoms with van der Waals surface area (Å²) in [4.78, 5) is 8.28. The summed E-state index contributed by atoms with van der Waals surface area (Å²) in [5.74, 6) is 0.940. The highest BCUT2D eigenvalue weighted by Crippen LogP contribution is 2.14. The molecule has 6 heteroatoms. The van der Waals surface area contributed by atoms with Gasteiger partial charge in [0.2, 0.25) is 0 Å². The van der Waals surface area contributed by atoms with Crippen molar-refractivity contribution >= 4 is 0 Å². The van der Waals surface area contributed by atoms with Crippen LogP contribution >= 0.6 is 0 Å². The molecule has 2 heterocycles. The Morgan fingerprint density at radius 2 is 2.33 bits per heavy atom. The van der Waals surface area contributed by atoms with E-state index in [0.717, 1.165) is 0 Å². The average Bonchev–Trinajstić information content (AvgIpc) is 2.88. The molecule has 0 amide bonds. The maximum Gasteiger partial charge on any atom is 0.276 e. The van der Waals surface area contributed by atoms with E-state index >= 15 is 0 Å². The van der Waals surface area contributed by atoms with Crippen molar-refractivity contribution in [1.82, 2.24) is 15.1 Å². The monoisotopic (exact) mass is 244 g/mol. The van der Waals surface area contributed by atoms with E-state index in [1.165, 1.54) is 6.20 Å². The lowest BCUT2D eigenvalue weighted by molar-refractivity contribution is 0.149. The number of hydrogen-bond donors (Lipinski definition) is 0. The molecule has 0 bridgehead atoms. The molecule has 0 saturated heterocycles. The third kappa shape index (κ3) is 2.90. The zero-order chi connectivity index (χ0) is 12.8. The van der Waals surface area contributed by atoms with Crippen LogP contribution in [-0.2, 0) is 11.2 Å². The van der Waals surface area contributed by atoms with Crippen LogP contribution in [0.3, 0.4) is 0 Å². The van der Waals surface area contributed by atoms with Crippen LogP contribution in [0.2, 0.25) is 0 Å². The van der Waals surface area contributed by atoms with Gasteiger partial charge >= 0.3 is 0 Å². The van der Waals surface area contributed by atoms with Crippen LogP contribution < -0.4 is 0 Å². The van der Waals surface area contributed by atoms with Crippen LogP contribution in [0.4, 0.5) is 0 Å². The molecule has 0 atom stereocenters. The number of aromatic nitrogens is 3. The van der Waals surface area contributed by atoms with Crippen molar-refractivity contribution in [3.8, 4) is 17.7 Å². The molecule has 0 N–H and O–H groups in total. The molecule has 2 rings (SSSR count). The summed E-state index contributed by atoms with van der Waals surface area (Å²) in [5, 5.41) is 12.5. The molecular weight excluding hydrogens is 232 g/mol. The zero-order valence-corrected chi connectivity index (χ0v) is 9.96. The molecule has 0 saturated carbocycles. The summed E-state index contributed by atoms with van der Waals surface area (Å²) in [5.41, 5.74) is 1.05. The molecule has 0 spiro atoms. The highest BCUT2D eigenvalue weighted by molar-refractivity contribution is 5.47. The molecular formula is C12H12N4O2. The number of hydrogen-bond acceptors (Lipinski definition) is 6. The molecule has 2 aromatic rings. The van der Waals surface area contributed by atoms with E-state index in [9.17, 15) is 0 Å². The lowest BCUT2D eigenvalue weighted by Crippen LogP contribution is -1.99. The van der Waals surface area contributed by atoms with E-state index in [-0.39, 0.29) is 0 Å². The number of nitrogens with zero attached hydrogens (tertiary/aromatic N) is 4. The number of pyridine rings is 1. The fourth-order valence-electron chi connectivity index (χ4n) is 1.35. The van der Waals surface area contributed by atoms with Gasteiger partial charge in [-0.2, -0.15) is 10.2 Å². The zero-order valence-electron chi connectivity index (χ0n) is 9.96. The minimum absolute atomic E-state index is 0.353. The van der Waals surface area contributed by atoms with Crippen LogP contribution in [0.1, 0.15) is 18.3 Å². The summed E-state index contributed by atoms with van der Waals surface area (Å²) in [6.45, 7) is 3.17. The van der Waals surface area contributed by atoms with E-state index in [1.807, 2.05) is 13.0 Å². The Morgan fingerprint density at radius 3 is 3.00 bits per heavy atom. The van der Waals surface area contributed by atoms with Gasteiger partial charge in [0.25, 0.3) is 5.89 Å². The molecule has 18 heavy (non-hydrogen) atoms. The van der Waals surface area contributed by atoms with Crippen molar-refractivity contribution in [1.29, 1.82) is 5.26 Å². The number of nitriles is 1. The smallest absolute Gasteiger partial charge is 0.276 e. The summed E-state index contributed by atoms with van der Waals surface area (Å²) >= 11 is 0. The summed E-state index contributed by atoms with van der Waals surface area (Å²) < 4.78 is 10.3. The van der Waals surface area contributed by atoms with Crippen molar-refractivity contribution in [3.63, 3.8) is 0 Å². The van der Waals surface area contributed by atoms with Crippen molar-refractivity contribution < 1.29 is 9.26 Å². The van der Waals surface area contributed by atoms with Gasteiger partial charge in [-0.05, 0) is 19.1 Å². The van der Waals surface area contributed by atoms with Crippen molar-refractivity contribution in [2.75, 3.05) is 13.2 Å². The van der Waals surface area contributed by atoms with Crippen molar-refractivity contribution in [2.24, 2.45) is 0 Å². The lowest BCUT2D eigenvalue weighted by atomic mass is 10.3. The molecule has 0 aromatic carbocycles. The van der Waals surface area contributed by atoms with Gasteiger partial charge in [0.1, 0.15) is 11.8 Å². The molecule has 6 nitrogen and oxygen atoms in total. The van der Waals surface area contributed by atoms with E-state index in [4.69, 9.17) is 14.5 Å². The molecule has 0 fully saturated rings. The van der Waals surface area contributed by atoms with E-state index in [1.54, 1.807) is 12.1 Å². The predicted molar refractivity (Wildman–Crippen MR) is 62.4 cm³/mol. The Balaban J connectivity index is 2.06. The van der Waals surface area contributed by atoms with Gasteiger partial charge in [0.15, 0.2) is 5.82 Å². The van der Waals surface area contributed by atoms with Gasteiger partial charge in [-0.15, -0.1) is 0 Å². The highest BCUT2D eigenvalue weighted by atomic mass is 16.5. The Bertz CT molecular complexity index is 542. The second-order valence-electron chi connectivity index (χ2n) is 3.51. The highest BCUT2D eigenvalue weighted by Gasteiger charge is 2.09. The number of ether oxygens (including phenoxy) is 1. The Morgan fingerprint density at radius 1 is 1.44 bits per heavy atom. The number of rotatable bonds is 5. The summed E-state index contributed by atoms with van der Waals surface area (Å²) in [6.07, 6.45) is 2.08. The van der Waals surface area contributed by atoms with E-state index in [0.29, 0.717) is 42.6 Å². The van der Waals surface area contributed by atoms with Gasteiger partial charge in [-0.3, -0.25) is 0 Å². The molecule has 0 aliphatic carbocycles. The van der Waals surface area contributed by atoms with E-state index < -0.39 is 0 Å². The fraction of sp³-hybridized carbons (Fsp3) is 0.333. The van der Waals surface area contributed by atoms with Crippen LogP contribution in [-0.4, -0.2) is 28.3 Å². The SMILES string of the molecule is CCOCCc1noc(-c2ccc(C#N)cn2)n1. The lowest BCUT2D eigenvalue weighted by Gasteiger charge is -1.95. The minimum atomic E-state index is 0.353. The first-order valence-electron chi connectivity index (χ1n) is 5.60. The Labute approximate surface area is 104 Å². The normalized spacial score (nSPS) is 10.2. The topological polar surface area (TPSA) is 84.8 Å². The van der Waals surface area contributed by atoms with Gasteiger partial charge < -0.3 is 9.26 Å². The van der Waals surface area contributed by atoms with Crippen molar-refractivity contribution in [2.45, 2.75) is 13.3 Å². The second-order valence-corrected chi connectivity index (χ2v) is 3.51. The van der Waals surface area contributed by atoms with Gasteiger partial charge in [-0.1, -0.05) is 5.16 Å². The molecule has 0 aliphatic heterocycles. The van der Waals surface area contributed by atoms with Crippen LogP contribution in [0.5, 0.6) is 0 Å². The Kier molecular flexibility index (Phi) is 3.99. The van der Waals surface area contributed by atoms with Gasteiger partial charge in [0.05, 0.1) is 12.2 Å². The van der Waals surface area contributed by atoms with Gasteiger partial charge in [0, 0.05) is 19.2 Å². The summed E-state index contributed by atoms with van der Waals surface area (Å²) in [7, 11) is 0. The molecule has 92 valence electrons. The van der Waals surface area contributed by atoms with Crippen molar-refractivity contribution in [3.05, 3.63) is 29.7 Å². The predicted octanol–water partition coefficient (Wildman–Crippen LogP) is 1.58. The molecule has 0 aliphatic rings. The van der Waals surface area contributed by atoms with E-state index in [2.05, 4.69) is 15.1 Å². The molecule has 0 unspecified atom stereocenters. The third-order valence-electron chi connectivity index (χ3n) is 2.25. The third-order valence-corrected chi connectivity index (χ3v) is 2.25. The quantitative estimate of drug-likeness (QED) is 0.742. The average molecular weight is 244 g/mol.